The van der Waals surface area contributed by atoms with E-state index >= 15 is 0 Å². The molecule has 2 aliphatic heterocycles. The predicted octanol–water partition coefficient (Wildman–Crippen LogP) is 3.42. The molecule has 2 aromatic rings. The van der Waals surface area contributed by atoms with Crippen LogP contribution in [0.4, 0.5) is 20.2 Å². The molecular formula is C23H25F2N3O5S. The number of piperidine rings is 1. The van der Waals surface area contributed by atoms with Gasteiger partial charge in [0.2, 0.25) is 15.9 Å². The number of nitrogens with one attached hydrogen (secondary N) is 2. The number of halogens is 2. The molecule has 2 atom stereocenters. The van der Waals surface area contributed by atoms with Crippen molar-refractivity contribution in [1.82, 2.24) is 4.31 Å². The fourth-order valence-electron chi connectivity index (χ4n) is 4.17. The number of carbonyl (C=O) groups is 2. The lowest BCUT2D eigenvalue weighted by Gasteiger charge is -2.32. The average molecular weight is 494 g/mol. The second-order valence-corrected chi connectivity index (χ2v) is 10.3. The number of hydrogen-bond acceptors (Lipinski definition) is 5. The number of aryl methyl sites for hydroxylation is 1. The van der Waals surface area contributed by atoms with Crippen LogP contribution in [0.25, 0.3) is 0 Å². The van der Waals surface area contributed by atoms with Crippen molar-refractivity contribution in [2.24, 2.45) is 5.92 Å². The van der Waals surface area contributed by atoms with Crippen LogP contribution in [0.5, 0.6) is 5.75 Å². The molecular weight excluding hydrogens is 468 g/mol. The number of ether oxygens (including phenoxy) is 1. The largest absolute Gasteiger partial charge is 0.478 e. The van der Waals surface area contributed by atoms with Gasteiger partial charge in [0.05, 0.1) is 22.2 Å². The molecule has 0 aliphatic carbocycles. The highest BCUT2D eigenvalue weighted by Gasteiger charge is 2.36. The Hall–Kier alpha value is -3.05. The van der Waals surface area contributed by atoms with E-state index in [4.69, 9.17) is 4.74 Å². The van der Waals surface area contributed by atoms with E-state index in [1.807, 2.05) is 0 Å². The Kier molecular flexibility index (Phi) is 6.59. The van der Waals surface area contributed by atoms with Gasteiger partial charge in [-0.15, -0.1) is 0 Å². The molecule has 1 saturated heterocycles. The zero-order chi connectivity index (χ0) is 24.6. The number of fused-ring (bicyclic) bond motifs is 1. The standard InChI is InChI=1S/C23H25F2N3O5S/c1-3-19-23(30)27-18-9-13(2)21(11-20(18)33-19)34(31,32)28-8-4-5-14(12-28)22(29)26-17-10-15(24)6-7-16(17)25/h6-7,9-11,14,19H,3-5,8,12H2,1-2H3,(H,26,29)(H,27,30)/t14-,19+/m0/s1. The molecule has 2 heterocycles. The zero-order valence-electron chi connectivity index (χ0n) is 18.7. The van der Waals surface area contributed by atoms with E-state index < -0.39 is 39.6 Å². The number of rotatable bonds is 5. The molecule has 0 aromatic heterocycles. The van der Waals surface area contributed by atoms with Crippen molar-refractivity contribution in [2.75, 3.05) is 23.7 Å². The van der Waals surface area contributed by atoms with Gasteiger partial charge in [-0.2, -0.15) is 4.31 Å². The summed E-state index contributed by atoms with van der Waals surface area (Å²) in [6.45, 7) is 3.52. The van der Waals surface area contributed by atoms with Crippen LogP contribution in [0.15, 0.2) is 35.2 Å². The van der Waals surface area contributed by atoms with Gasteiger partial charge in [0.25, 0.3) is 5.91 Å². The van der Waals surface area contributed by atoms with Crippen molar-refractivity contribution in [3.63, 3.8) is 0 Å². The van der Waals surface area contributed by atoms with Crippen molar-refractivity contribution < 1.29 is 31.5 Å². The van der Waals surface area contributed by atoms with Crippen LogP contribution in [0.3, 0.4) is 0 Å². The third kappa shape index (κ3) is 4.62. The summed E-state index contributed by atoms with van der Waals surface area (Å²) in [5, 5.41) is 5.10. The summed E-state index contributed by atoms with van der Waals surface area (Å²) in [6.07, 6.45) is 0.552. The molecule has 2 amide bonds. The van der Waals surface area contributed by atoms with Gasteiger partial charge in [-0.05, 0) is 49.9 Å². The van der Waals surface area contributed by atoms with E-state index in [0.29, 0.717) is 30.5 Å². The summed E-state index contributed by atoms with van der Waals surface area (Å²) >= 11 is 0. The van der Waals surface area contributed by atoms with E-state index in [9.17, 15) is 26.8 Å². The van der Waals surface area contributed by atoms with E-state index in [0.717, 1.165) is 18.2 Å². The van der Waals surface area contributed by atoms with Crippen LogP contribution < -0.4 is 15.4 Å². The Bertz CT molecular complexity index is 1250. The summed E-state index contributed by atoms with van der Waals surface area (Å²) in [4.78, 5) is 24.8. The van der Waals surface area contributed by atoms with E-state index in [1.165, 1.54) is 10.4 Å². The highest BCUT2D eigenvalue weighted by molar-refractivity contribution is 7.89. The fourth-order valence-corrected chi connectivity index (χ4v) is 5.92. The number of anilines is 2. The van der Waals surface area contributed by atoms with Crippen molar-refractivity contribution >= 4 is 33.2 Å². The molecule has 0 saturated carbocycles. The monoisotopic (exact) mass is 493 g/mol. The molecule has 0 radical (unpaired) electrons. The summed E-state index contributed by atoms with van der Waals surface area (Å²) in [5.41, 5.74) is 0.533. The van der Waals surface area contributed by atoms with Gasteiger partial charge in [-0.3, -0.25) is 9.59 Å². The van der Waals surface area contributed by atoms with E-state index in [-0.39, 0.29) is 35.3 Å². The molecule has 2 aromatic carbocycles. The third-order valence-corrected chi connectivity index (χ3v) is 8.03. The molecule has 0 unspecified atom stereocenters. The lowest BCUT2D eigenvalue weighted by molar-refractivity contribution is -0.123. The minimum Gasteiger partial charge on any atom is -0.478 e. The van der Waals surface area contributed by atoms with Crippen molar-refractivity contribution in [3.8, 4) is 5.75 Å². The molecule has 8 nitrogen and oxygen atoms in total. The second-order valence-electron chi connectivity index (χ2n) is 8.43. The van der Waals surface area contributed by atoms with Gasteiger partial charge in [0, 0.05) is 25.2 Å². The lowest BCUT2D eigenvalue weighted by atomic mass is 9.98. The van der Waals surface area contributed by atoms with Gasteiger partial charge >= 0.3 is 0 Å². The average Bonchev–Trinajstić information content (AvgIpc) is 2.80. The van der Waals surface area contributed by atoms with Crippen LogP contribution in [0.2, 0.25) is 0 Å². The van der Waals surface area contributed by atoms with Crippen LogP contribution in [0, 0.1) is 24.5 Å². The molecule has 0 spiro atoms. The molecule has 0 bridgehead atoms. The van der Waals surface area contributed by atoms with E-state index in [2.05, 4.69) is 10.6 Å². The van der Waals surface area contributed by atoms with Crippen LogP contribution in [-0.2, 0) is 19.6 Å². The first-order valence-electron chi connectivity index (χ1n) is 11.0. The molecule has 2 aliphatic rings. The molecule has 34 heavy (non-hydrogen) atoms. The highest BCUT2D eigenvalue weighted by Crippen LogP contribution is 2.36. The SMILES string of the molecule is CC[C@H]1Oc2cc(S(=O)(=O)N3CCC[C@H](C(=O)Nc4cc(F)ccc4F)C3)c(C)cc2NC1=O. The maximum Gasteiger partial charge on any atom is 0.265 e. The number of hydrogen-bond donors (Lipinski definition) is 2. The predicted molar refractivity (Wildman–Crippen MR) is 121 cm³/mol. The number of sulfonamides is 1. The zero-order valence-corrected chi connectivity index (χ0v) is 19.5. The quantitative estimate of drug-likeness (QED) is 0.664. The van der Waals surface area contributed by atoms with Crippen LogP contribution in [0.1, 0.15) is 31.7 Å². The number of carbonyl (C=O) groups excluding carboxylic acids is 2. The molecule has 182 valence electrons. The first-order chi connectivity index (χ1) is 16.1. The summed E-state index contributed by atoms with van der Waals surface area (Å²) in [6, 6.07) is 5.68. The van der Waals surface area contributed by atoms with Gasteiger partial charge in [-0.1, -0.05) is 6.92 Å². The number of benzene rings is 2. The van der Waals surface area contributed by atoms with Crippen molar-refractivity contribution in [1.29, 1.82) is 0 Å². The number of nitrogens with zero attached hydrogens (tertiary/aromatic N) is 1. The Balaban J connectivity index is 1.55. The maximum absolute atomic E-state index is 13.9. The summed E-state index contributed by atoms with van der Waals surface area (Å²) < 4.78 is 61.2. The molecule has 11 heteroatoms. The molecule has 1 fully saturated rings. The molecule has 4 rings (SSSR count). The number of amides is 2. The maximum atomic E-state index is 13.9. The third-order valence-electron chi connectivity index (χ3n) is 6.03. The summed E-state index contributed by atoms with van der Waals surface area (Å²) in [5.74, 6) is -2.81. The van der Waals surface area contributed by atoms with Gasteiger partial charge in [0.15, 0.2) is 6.10 Å². The molecule has 2 N–H and O–H groups in total. The fraction of sp³-hybridized carbons (Fsp3) is 0.391. The Labute approximate surface area is 196 Å². The van der Waals surface area contributed by atoms with Gasteiger partial charge in [0.1, 0.15) is 17.4 Å². The minimum atomic E-state index is -3.99. The van der Waals surface area contributed by atoms with Crippen LogP contribution in [-0.4, -0.2) is 43.7 Å². The van der Waals surface area contributed by atoms with Crippen molar-refractivity contribution in [3.05, 3.63) is 47.5 Å². The van der Waals surface area contributed by atoms with Crippen molar-refractivity contribution in [2.45, 2.75) is 44.1 Å². The highest BCUT2D eigenvalue weighted by atomic mass is 32.2. The second kappa shape index (κ2) is 9.30. The Morgan fingerprint density at radius 1 is 1.26 bits per heavy atom. The Morgan fingerprint density at radius 2 is 2.03 bits per heavy atom. The lowest BCUT2D eigenvalue weighted by Crippen LogP contribution is -2.44. The summed E-state index contributed by atoms with van der Waals surface area (Å²) in [7, 11) is -3.99. The van der Waals surface area contributed by atoms with Gasteiger partial charge < -0.3 is 15.4 Å². The van der Waals surface area contributed by atoms with E-state index in [1.54, 1.807) is 19.9 Å². The first-order valence-corrected chi connectivity index (χ1v) is 12.4. The normalized spacial score (nSPS) is 20.8. The first kappa shape index (κ1) is 24.1. The van der Waals surface area contributed by atoms with Gasteiger partial charge in [-0.25, -0.2) is 17.2 Å². The smallest absolute Gasteiger partial charge is 0.265 e. The Morgan fingerprint density at radius 3 is 2.76 bits per heavy atom. The van der Waals surface area contributed by atoms with Crippen LogP contribution >= 0.6 is 0 Å². The minimum absolute atomic E-state index is 0.0227. The topological polar surface area (TPSA) is 105 Å².